The van der Waals surface area contributed by atoms with Crippen molar-refractivity contribution in [3.05, 3.63) is 46.8 Å². The van der Waals surface area contributed by atoms with Crippen LogP contribution in [0.15, 0.2) is 35.7 Å². The van der Waals surface area contributed by atoms with Gasteiger partial charge in [-0.1, -0.05) is 12.1 Å². The number of hydrazine groups is 2. The second-order valence-electron chi connectivity index (χ2n) is 4.87. The monoisotopic (exact) mass is 284 g/mol. The quantitative estimate of drug-likeness (QED) is 0.773. The Kier molecular flexibility index (Phi) is 3.31. The molecule has 0 amide bonds. The topological polar surface area (TPSA) is 39.3 Å². The van der Waals surface area contributed by atoms with Crippen molar-refractivity contribution in [3.63, 3.8) is 0 Å². The molecule has 2 aliphatic rings. The molecule has 108 valence electrons. The van der Waals surface area contributed by atoms with Crippen LogP contribution >= 0.6 is 0 Å². The van der Waals surface area contributed by atoms with Crippen LogP contribution in [0.1, 0.15) is 17.5 Å². The third kappa shape index (κ3) is 2.59. The molecule has 0 saturated heterocycles. The van der Waals surface area contributed by atoms with Gasteiger partial charge in [-0.15, -0.1) is 5.53 Å². The summed E-state index contributed by atoms with van der Waals surface area (Å²) in [6, 6.07) is 5.26. The van der Waals surface area contributed by atoms with Gasteiger partial charge in [-0.2, -0.15) is 13.2 Å². The molecule has 0 atom stereocenters. The Balaban J connectivity index is 1.71. The summed E-state index contributed by atoms with van der Waals surface area (Å²) in [7, 11) is 0. The molecule has 0 aliphatic carbocycles. The smallest absolute Gasteiger partial charge is 0.311 e. The van der Waals surface area contributed by atoms with Crippen LogP contribution in [0.2, 0.25) is 0 Å². The first-order chi connectivity index (χ1) is 9.54. The van der Waals surface area contributed by atoms with Crippen LogP contribution in [0.4, 0.5) is 13.2 Å². The number of rotatable bonds is 2. The van der Waals surface area contributed by atoms with Crippen molar-refractivity contribution in [2.45, 2.75) is 19.1 Å². The minimum Gasteiger partial charge on any atom is -0.311 e. The molecule has 2 aliphatic heterocycles. The van der Waals surface area contributed by atoms with Gasteiger partial charge in [-0.25, -0.2) is 0 Å². The minimum absolute atomic E-state index is 0.519. The fourth-order valence-corrected chi connectivity index (χ4v) is 2.38. The Morgan fingerprint density at radius 1 is 1.15 bits per heavy atom. The van der Waals surface area contributed by atoms with Gasteiger partial charge in [-0.3, -0.25) is 5.01 Å². The van der Waals surface area contributed by atoms with E-state index in [-0.39, 0.29) is 0 Å². The zero-order chi connectivity index (χ0) is 14.2. The van der Waals surface area contributed by atoms with Gasteiger partial charge in [0.05, 0.1) is 23.5 Å². The Morgan fingerprint density at radius 2 is 1.90 bits per heavy atom. The summed E-state index contributed by atoms with van der Waals surface area (Å²) in [6.45, 7) is 2.21. The number of halogens is 3. The molecule has 0 unspecified atom stereocenters. The SMILES string of the molecule is FC(F)(F)c1ccc(CN2NNC3=C2CNCC3)cc1. The first-order valence-electron chi connectivity index (χ1n) is 6.42. The van der Waals surface area contributed by atoms with E-state index in [9.17, 15) is 13.2 Å². The molecule has 3 N–H and O–H groups in total. The molecular formula is C13H15F3N4. The summed E-state index contributed by atoms with van der Waals surface area (Å²) < 4.78 is 37.5. The number of benzene rings is 1. The van der Waals surface area contributed by atoms with Crippen molar-refractivity contribution >= 4 is 0 Å². The van der Waals surface area contributed by atoms with Crippen LogP contribution in [-0.2, 0) is 12.7 Å². The molecule has 20 heavy (non-hydrogen) atoms. The average molecular weight is 284 g/mol. The molecule has 0 bridgehead atoms. The fraction of sp³-hybridized carbons (Fsp3) is 0.385. The maximum atomic E-state index is 12.5. The van der Waals surface area contributed by atoms with Crippen molar-refractivity contribution in [1.82, 2.24) is 21.3 Å². The molecule has 0 fully saturated rings. The molecule has 3 rings (SSSR count). The largest absolute Gasteiger partial charge is 0.416 e. The van der Waals surface area contributed by atoms with E-state index in [1.165, 1.54) is 12.1 Å². The number of hydrogen-bond acceptors (Lipinski definition) is 4. The summed E-state index contributed by atoms with van der Waals surface area (Å²) in [5.41, 5.74) is 8.62. The number of hydrogen-bond donors (Lipinski definition) is 3. The first kappa shape index (κ1) is 13.3. The fourth-order valence-electron chi connectivity index (χ4n) is 2.38. The Bertz CT molecular complexity index is 521. The molecule has 2 heterocycles. The average Bonchev–Trinajstić information content (AvgIpc) is 2.82. The molecular weight excluding hydrogens is 269 g/mol. The van der Waals surface area contributed by atoms with Crippen molar-refractivity contribution in [2.75, 3.05) is 13.1 Å². The van der Waals surface area contributed by atoms with Gasteiger partial charge in [-0.05, 0) is 17.7 Å². The Morgan fingerprint density at radius 3 is 2.60 bits per heavy atom. The van der Waals surface area contributed by atoms with Crippen LogP contribution in [0.3, 0.4) is 0 Å². The van der Waals surface area contributed by atoms with Crippen molar-refractivity contribution < 1.29 is 13.2 Å². The second-order valence-corrected chi connectivity index (χ2v) is 4.87. The maximum Gasteiger partial charge on any atom is 0.416 e. The predicted molar refractivity (Wildman–Crippen MR) is 67.8 cm³/mol. The van der Waals surface area contributed by atoms with Crippen molar-refractivity contribution in [2.24, 2.45) is 0 Å². The molecule has 0 saturated carbocycles. The highest BCUT2D eigenvalue weighted by Crippen LogP contribution is 2.29. The van der Waals surface area contributed by atoms with Gasteiger partial charge in [0.25, 0.3) is 0 Å². The van der Waals surface area contributed by atoms with Gasteiger partial charge >= 0.3 is 6.18 Å². The molecule has 7 heteroatoms. The van der Waals surface area contributed by atoms with E-state index in [2.05, 4.69) is 16.3 Å². The van der Waals surface area contributed by atoms with E-state index in [1.807, 2.05) is 5.01 Å². The second kappa shape index (κ2) is 4.99. The lowest BCUT2D eigenvalue weighted by molar-refractivity contribution is -0.137. The Labute approximate surface area is 114 Å². The summed E-state index contributed by atoms with van der Waals surface area (Å²) in [4.78, 5) is 0. The van der Waals surface area contributed by atoms with Gasteiger partial charge in [0.2, 0.25) is 0 Å². The molecule has 0 spiro atoms. The minimum atomic E-state index is -4.28. The van der Waals surface area contributed by atoms with E-state index in [0.717, 1.165) is 48.6 Å². The molecule has 0 aromatic heterocycles. The van der Waals surface area contributed by atoms with Crippen LogP contribution in [-0.4, -0.2) is 18.1 Å². The van der Waals surface area contributed by atoms with Crippen molar-refractivity contribution in [1.29, 1.82) is 0 Å². The number of nitrogens with zero attached hydrogens (tertiary/aromatic N) is 1. The standard InChI is InChI=1S/C13H15F3N4/c14-13(15,16)10-3-1-9(2-4-10)8-20-12-7-17-6-5-11(12)18-19-20/h1-4,17-19H,5-8H2. The maximum absolute atomic E-state index is 12.5. The van der Waals surface area contributed by atoms with E-state index < -0.39 is 11.7 Å². The van der Waals surface area contributed by atoms with E-state index in [4.69, 9.17) is 0 Å². The molecule has 1 aromatic rings. The normalized spacial score (nSPS) is 19.1. The van der Waals surface area contributed by atoms with Gasteiger partial charge in [0.15, 0.2) is 0 Å². The lowest BCUT2D eigenvalue weighted by Gasteiger charge is -2.23. The summed E-state index contributed by atoms with van der Waals surface area (Å²) >= 11 is 0. The van der Waals surface area contributed by atoms with Crippen LogP contribution < -0.4 is 16.3 Å². The van der Waals surface area contributed by atoms with Crippen molar-refractivity contribution in [3.8, 4) is 0 Å². The van der Waals surface area contributed by atoms with E-state index >= 15 is 0 Å². The zero-order valence-corrected chi connectivity index (χ0v) is 10.7. The number of alkyl halides is 3. The van der Waals surface area contributed by atoms with Crippen LogP contribution in [0.25, 0.3) is 0 Å². The molecule has 0 radical (unpaired) electrons. The lowest BCUT2D eigenvalue weighted by Crippen LogP contribution is -2.38. The third-order valence-electron chi connectivity index (χ3n) is 3.48. The first-order valence-corrected chi connectivity index (χ1v) is 6.42. The number of nitrogens with one attached hydrogen (secondary N) is 3. The zero-order valence-electron chi connectivity index (χ0n) is 10.7. The summed E-state index contributed by atoms with van der Waals surface area (Å²) in [6.07, 6.45) is -3.36. The third-order valence-corrected chi connectivity index (χ3v) is 3.48. The summed E-state index contributed by atoms with van der Waals surface area (Å²) in [5, 5.41) is 5.19. The van der Waals surface area contributed by atoms with Crippen LogP contribution in [0.5, 0.6) is 0 Å². The van der Waals surface area contributed by atoms with Gasteiger partial charge in [0.1, 0.15) is 0 Å². The van der Waals surface area contributed by atoms with Gasteiger partial charge in [0, 0.05) is 19.5 Å². The van der Waals surface area contributed by atoms with E-state index in [0.29, 0.717) is 6.54 Å². The highest BCUT2D eigenvalue weighted by molar-refractivity contribution is 5.26. The highest BCUT2D eigenvalue weighted by atomic mass is 19.4. The van der Waals surface area contributed by atoms with Gasteiger partial charge < -0.3 is 10.7 Å². The summed E-state index contributed by atoms with van der Waals surface area (Å²) in [5.74, 6) is 0. The Hall–Kier alpha value is -1.73. The highest BCUT2D eigenvalue weighted by Gasteiger charge is 2.30. The lowest BCUT2D eigenvalue weighted by atomic mass is 10.1. The van der Waals surface area contributed by atoms with Crippen LogP contribution in [0, 0.1) is 0 Å². The molecule has 4 nitrogen and oxygen atoms in total. The predicted octanol–water partition coefficient (Wildman–Crippen LogP) is 1.74. The van der Waals surface area contributed by atoms with E-state index in [1.54, 1.807) is 0 Å². The molecule has 1 aromatic carbocycles.